The Hall–Kier alpha value is -1.00. The highest BCUT2D eigenvalue weighted by Gasteiger charge is 2.47. The summed E-state index contributed by atoms with van der Waals surface area (Å²) in [6.45, 7) is 13.8. The molecule has 0 unspecified atom stereocenters. The van der Waals surface area contributed by atoms with E-state index in [1.54, 1.807) is 6.20 Å². The van der Waals surface area contributed by atoms with Crippen molar-refractivity contribution in [1.82, 2.24) is 4.98 Å². The SMILES string of the molecule is CC(C)[Si](O[C@@H]1CCCC(=O)c2cccnc21)(C(C)C)C(C)C. The number of rotatable bonds is 5. The summed E-state index contributed by atoms with van der Waals surface area (Å²) in [6, 6.07) is 3.77. The third-order valence-corrected chi connectivity index (χ3v) is 11.5. The summed E-state index contributed by atoms with van der Waals surface area (Å²) < 4.78 is 6.94. The van der Waals surface area contributed by atoms with E-state index in [0.29, 0.717) is 23.0 Å². The van der Waals surface area contributed by atoms with Gasteiger partial charge in [-0.1, -0.05) is 41.5 Å². The van der Waals surface area contributed by atoms with Crippen molar-refractivity contribution in [1.29, 1.82) is 0 Å². The predicted octanol–water partition coefficient (Wildman–Crippen LogP) is 5.68. The quantitative estimate of drug-likeness (QED) is 0.514. The predicted molar refractivity (Wildman–Crippen MR) is 97.3 cm³/mol. The van der Waals surface area contributed by atoms with E-state index in [1.807, 2.05) is 12.1 Å². The lowest BCUT2D eigenvalue weighted by molar-refractivity contribution is 0.0981. The standard InChI is InChI=1S/C19H31NO2Si/c1-13(2)23(14(3)4,15(5)6)22-18-11-7-10-17(21)16-9-8-12-20-19(16)18/h8-9,12-15,18H,7,10-11H2,1-6H3/t18-/m1/s1. The summed E-state index contributed by atoms with van der Waals surface area (Å²) in [5.74, 6) is 0.213. The van der Waals surface area contributed by atoms with E-state index in [9.17, 15) is 4.79 Å². The van der Waals surface area contributed by atoms with Crippen molar-refractivity contribution in [2.75, 3.05) is 0 Å². The summed E-state index contributed by atoms with van der Waals surface area (Å²) in [5, 5.41) is 0. The molecule has 0 saturated carbocycles. The number of hydrogen-bond acceptors (Lipinski definition) is 3. The molecule has 4 heteroatoms. The Balaban J connectivity index is 2.44. The fraction of sp³-hybridized carbons (Fsp3) is 0.684. The van der Waals surface area contributed by atoms with Gasteiger partial charge in [0.15, 0.2) is 5.78 Å². The molecule has 0 N–H and O–H groups in total. The van der Waals surface area contributed by atoms with Crippen molar-refractivity contribution in [3.8, 4) is 0 Å². The molecular formula is C19H31NO2Si. The van der Waals surface area contributed by atoms with Crippen LogP contribution in [0.1, 0.15) is 83.0 Å². The van der Waals surface area contributed by atoms with Gasteiger partial charge in [-0.05, 0) is 41.6 Å². The number of hydrogen-bond donors (Lipinski definition) is 0. The van der Waals surface area contributed by atoms with E-state index in [-0.39, 0.29) is 11.9 Å². The number of Topliss-reactive ketones (excluding diaryl/α,β-unsaturated/α-hetero) is 1. The number of pyridine rings is 1. The summed E-state index contributed by atoms with van der Waals surface area (Å²) in [7, 11) is -1.98. The molecule has 1 aliphatic rings. The second-order valence-electron chi connectivity index (χ2n) is 7.68. The Bertz CT molecular complexity index is 532. The first-order valence-electron chi connectivity index (χ1n) is 8.96. The fourth-order valence-electron chi connectivity index (χ4n) is 4.40. The van der Waals surface area contributed by atoms with Gasteiger partial charge in [0.05, 0.1) is 11.8 Å². The zero-order valence-electron chi connectivity index (χ0n) is 15.4. The second-order valence-corrected chi connectivity index (χ2v) is 13.1. The first-order valence-corrected chi connectivity index (χ1v) is 11.1. The Labute approximate surface area is 142 Å². The maximum Gasteiger partial charge on any atom is 0.201 e. The van der Waals surface area contributed by atoms with Crippen LogP contribution in [0.2, 0.25) is 16.6 Å². The van der Waals surface area contributed by atoms with Crippen molar-refractivity contribution in [3.63, 3.8) is 0 Å². The lowest BCUT2D eigenvalue weighted by Gasteiger charge is -2.44. The number of carbonyl (C=O) groups excluding carboxylic acids is 1. The molecule has 0 saturated heterocycles. The van der Waals surface area contributed by atoms with Crippen LogP contribution in [0, 0.1) is 0 Å². The zero-order chi connectivity index (χ0) is 17.2. The molecule has 0 aromatic carbocycles. The van der Waals surface area contributed by atoms with Crippen LogP contribution in [-0.4, -0.2) is 19.1 Å². The van der Waals surface area contributed by atoms with Crippen LogP contribution in [0.25, 0.3) is 0 Å². The van der Waals surface area contributed by atoms with E-state index in [1.165, 1.54) is 0 Å². The normalized spacial score (nSPS) is 19.3. The van der Waals surface area contributed by atoms with Crippen molar-refractivity contribution in [2.24, 2.45) is 0 Å². The minimum atomic E-state index is -1.98. The number of nitrogens with zero attached hydrogens (tertiary/aromatic N) is 1. The number of aromatic nitrogens is 1. The molecule has 0 fully saturated rings. The summed E-state index contributed by atoms with van der Waals surface area (Å²) in [6.07, 6.45) is 4.15. The van der Waals surface area contributed by atoms with E-state index < -0.39 is 8.32 Å². The minimum Gasteiger partial charge on any atom is -0.408 e. The van der Waals surface area contributed by atoms with Gasteiger partial charge in [0.2, 0.25) is 8.32 Å². The van der Waals surface area contributed by atoms with Gasteiger partial charge in [0.1, 0.15) is 0 Å². The minimum absolute atomic E-state index is 0.0310. The van der Waals surface area contributed by atoms with Crippen LogP contribution in [0.15, 0.2) is 18.3 Å². The van der Waals surface area contributed by atoms with Gasteiger partial charge in [-0.3, -0.25) is 9.78 Å². The average Bonchev–Trinajstić information content (AvgIpc) is 2.63. The Kier molecular flexibility index (Phi) is 5.79. The monoisotopic (exact) mass is 333 g/mol. The van der Waals surface area contributed by atoms with Crippen molar-refractivity contribution in [3.05, 3.63) is 29.6 Å². The van der Waals surface area contributed by atoms with E-state index in [0.717, 1.165) is 24.1 Å². The summed E-state index contributed by atoms with van der Waals surface area (Å²) >= 11 is 0. The number of fused-ring (bicyclic) bond motifs is 1. The highest BCUT2D eigenvalue weighted by Crippen LogP contribution is 2.46. The molecule has 0 bridgehead atoms. The van der Waals surface area contributed by atoms with Crippen LogP contribution in [0.5, 0.6) is 0 Å². The molecule has 0 amide bonds. The van der Waals surface area contributed by atoms with Gasteiger partial charge in [0.25, 0.3) is 0 Å². The summed E-state index contributed by atoms with van der Waals surface area (Å²) in [4.78, 5) is 16.9. The van der Waals surface area contributed by atoms with Gasteiger partial charge in [-0.2, -0.15) is 0 Å². The average molecular weight is 334 g/mol. The molecule has 1 aromatic heterocycles. The van der Waals surface area contributed by atoms with Crippen molar-refractivity contribution >= 4 is 14.1 Å². The molecule has 1 heterocycles. The topological polar surface area (TPSA) is 39.2 Å². The Morgan fingerprint density at radius 1 is 1.13 bits per heavy atom. The molecule has 2 rings (SSSR count). The molecule has 23 heavy (non-hydrogen) atoms. The highest BCUT2D eigenvalue weighted by molar-refractivity contribution is 6.77. The van der Waals surface area contributed by atoms with Gasteiger partial charge in [-0.25, -0.2) is 0 Å². The fourth-order valence-corrected chi connectivity index (χ4v) is 9.94. The van der Waals surface area contributed by atoms with Gasteiger partial charge in [0, 0.05) is 18.2 Å². The van der Waals surface area contributed by atoms with Gasteiger partial charge in [-0.15, -0.1) is 0 Å². The van der Waals surface area contributed by atoms with Crippen LogP contribution in [-0.2, 0) is 4.43 Å². The molecule has 0 spiro atoms. The van der Waals surface area contributed by atoms with Crippen LogP contribution < -0.4 is 0 Å². The van der Waals surface area contributed by atoms with Crippen LogP contribution in [0.4, 0.5) is 0 Å². The zero-order valence-corrected chi connectivity index (χ0v) is 16.4. The largest absolute Gasteiger partial charge is 0.408 e. The maximum atomic E-state index is 12.3. The molecule has 0 aliphatic heterocycles. The lowest BCUT2D eigenvalue weighted by atomic mass is 10.1. The van der Waals surface area contributed by atoms with E-state index >= 15 is 0 Å². The molecule has 0 radical (unpaired) electrons. The molecular weight excluding hydrogens is 302 g/mol. The number of ketones is 1. The smallest absolute Gasteiger partial charge is 0.201 e. The highest BCUT2D eigenvalue weighted by atomic mass is 28.4. The lowest BCUT2D eigenvalue weighted by Crippen LogP contribution is -2.48. The number of carbonyl (C=O) groups is 1. The molecule has 3 nitrogen and oxygen atoms in total. The first-order chi connectivity index (χ1) is 10.8. The maximum absolute atomic E-state index is 12.3. The Morgan fingerprint density at radius 2 is 1.74 bits per heavy atom. The third kappa shape index (κ3) is 3.43. The van der Waals surface area contributed by atoms with Crippen LogP contribution >= 0.6 is 0 Å². The first kappa shape index (κ1) is 18.3. The molecule has 128 valence electrons. The molecule has 1 atom stereocenters. The molecule has 1 aliphatic carbocycles. The van der Waals surface area contributed by atoms with Crippen LogP contribution in [0.3, 0.4) is 0 Å². The van der Waals surface area contributed by atoms with E-state index in [4.69, 9.17) is 4.43 Å². The van der Waals surface area contributed by atoms with Gasteiger partial charge >= 0.3 is 0 Å². The third-order valence-electron chi connectivity index (χ3n) is 5.37. The summed E-state index contributed by atoms with van der Waals surface area (Å²) in [5.41, 5.74) is 3.25. The van der Waals surface area contributed by atoms with Crippen molar-refractivity contribution in [2.45, 2.75) is 83.5 Å². The van der Waals surface area contributed by atoms with Gasteiger partial charge < -0.3 is 4.43 Å². The molecule has 1 aromatic rings. The van der Waals surface area contributed by atoms with E-state index in [2.05, 4.69) is 46.5 Å². The Morgan fingerprint density at radius 3 is 2.30 bits per heavy atom. The van der Waals surface area contributed by atoms with Crippen molar-refractivity contribution < 1.29 is 9.22 Å². The second kappa shape index (κ2) is 7.26.